The van der Waals surface area contributed by atoms with Crippen LogP contribution in [0.1, 0.15) is 47.5 Å². The summed E-state index contributed by atoms with van der Waals surface area (Å²) in [6, 6.07) is 0.531. The summed E-state index contributed by atoms with van der Waals surface area (Å²) in [5.41, 5.74) is -0.434. The highest BCUT2D eigenvalue weighted by molar-refractivity contribution is 5.68. The van der Waals surface area contributed by atoms with Crippen LogP contribution in [0.2, 0.25) is 0 Å². The molecule has 0 heterocycles. The molecule has 5 nitrogen and oxygen atoms in total. The third-order valence-electron chi connectivity index (χ3n) is 3.35. The molecule has 1 aliphatic rings. The van der Waals surface area contributed by atoms with Crippen LogP contribution >= 0.6 is 0 Å². The Morgan fingerprint density at radius 1 is 1.30 bits per heavy atom. The summed E-state index contributed by atoms with van der Waals surface area (Å²) < 4.78 is 10.9. The summed E-state index contributed by atoms with van der Waals surface area (Å²) in [6.07, 6.45) is 2.34. The molecular weight excluding hydrogens is 256 g/mol. The predicted octanol–water partition coefficient (Wildman–Crippen LogP) is 2.40. The van der Waals surface area contributed by atoms with Gasteiger partial charge < -0.3 is 19.7 Å². The second-order valence-corrected chi connectivity index (χ2v) is 6.26. The van der Waals surface area contributed by atoms with Crippen LogP contribution in [0.5, 0.6) is 0 Å². The third-order valence-corrected chi connectivity index (χ3v) is 3.35. The molecule has 1 fully saturated rings. The molecule has 1 aliphatic carbocycles. The molecule has 0 aromatic rings. The lowest BCUT2D eigenvalue weighted by Crippen LogP contribution is -2.48. The van der Waals surface area contributed by atoms with E-state index in [-0.39, 0.29) is 6.09 Å². The van der Waals surface area contributed by atoms with Gasteiger partial charge in [-0.15, -0.1) is 0 Å². The van der Waals surface area contributed by atoms with E-state index in [1.807, 2.05) is 34.6 Å². The summed E-state index contributed by atoms with van der Waals surface area (Å²) in [6.45, 7) is 12.6. The maximum absolute atomic E-state index is 11.9. The molecule has 0 unspecified atom stereocenters. The Morgan fingerprint density at radius 3 is 2.45 bits per heavy atom. The smallest absolute Gasteiger partial charge is 0.410 e. The minimum atomic E-state index is -0.434. The first-order valence-electron chi connectivity index (χ1n) is 7.68. The summed E-state index contributed by atoms with van der Waals surface area (Å²) >= 11 is 0. The first-order valence-corrected chi connectivity index (χ1v) is 7.68. The molecule has 0 bridgehead atoms. The minimum Gasteiger partial charge on any atom is -0.444 e. The lowest BCUT2D eigenvalue weighted by molar-refractivity contribution is -0.0107. The zero-order valence-corrected chi connectivity index (χ0v) is 13.6. The van der Waals surface area contributed by atoms with E-state index in [9.17, 15) is 4.79 Å². The number of hydrogen-bond donors (Lipinski definition) is 1. The van der Waals surface area contributed by atoms with Crippen LogP contribution in [0.15, 0.2) is 0 Å². The van der Waals surface area contributed by atoms with Crippen LogP contribution in [0.4, 0.5) is 4.79 Å². The third kappa shape index (κ3) is 6.09. The van der Waals surface area contributed by atoms with Crippen molar-refractivity contribution in [3.8, 4) is 0 Å². The highest BCUT2D eigenvalue weighted by Gasteiger charge is 2.29. The normalized spacial score (nSPS) is 22.2. The molecule has 1 N–H and O–H groups in total. The number of nitrogens with one attached hydrogen (secondary N) is 1. The average molecular weight is 286 g/mol. The fourth-order valence-corrected chi connectivity index (χ4v) is 2.21. The van der Waals surface area contributed by atoms with E-state index in [0.29, 0.717) is 25.2 Å². The predicted molar refractivity (Wildman–Crippen MR) is 79.9 cm³/mol. The Labute approximate surface area is 123 Å². The van der Waals surface area contributed by atoms with Crippen molar-refractivity contribution in [2.24, 2.45) is 0 Å². The highest BCUT2D eigenvalue weighted by Crippen LogP contribution is 2.22. The second-order valence-electron chi connectivity index (χ2n) is 6.26. The van der Waals surface area contributed by atoms with Gasteiger partial charge in [-0.2, -0.15) is 0 Å². The number of nitrogens with zero attached hydrogens (tertiary/aromatic N) is 1. The van der Waals surface area contributed by atoms with Gasteiger partial charge in [0.1, 0.15) is 5.60 Å². The summed E-state index contributed by atoms with van der Waals surface area (Å²) in [5.74, 6) is 0. The topological polar surface area (TPSA) is 50.8 Å². The SMILES string of the molecule is CCOC1CC(NCCN(CC)C(=O)OC(C)(C)C)C1. The minimum absolute atomic E-state index is 0.234. The number of amides is 1. The summed E-state index contributed by atoms with van der Waals surface area (Å²) in [7, 11) is 0. The summed E-state index contributed by atoms with van der Waals surface area (Å²) in [4.78, 5) is 13.7. The van der Waals surface area contributed by atoms with Crippen LogP contribution in [-0.2, 0) is 9.47 Å². The number of carbonyl (C=O) groups excluding carboxylic acids is 1. The molecule has 5 heteroatoms. The molecule has 0 aromatic carbocycles. The van der Waals surface area contributed by atoms with Gasteiger partial charge in [0.2, 0.25) is 0 Å². The number of ether oxygens (including phenoxy) is 2. The highest BCUT2D eigenvalue weighted by atomic mass is 16.6. The standard InChI is InChI=1S/C15H30N2O3/c1-6-17(14(18)20-15(3,4)5)9-8-16-12-10-13(11-12)19-7-2/h12-13,16H,6-11H2,1-5H3. The van der Waals surface area contributed by atoms with E-state index in [1.165, 1.54) is 0 Å². The Balaban J connectivity index is 2.17. The fraction of sp³-hybridized carbons (Fsp3) is 0.933. The van der Waals surface area contributed by atoms with Crippen LogP contribution in [0, 0.1) is 0 Å². The van der Waals surface area contributed by atoms with Crippen LogP contribution < -0.4 is 5.32 Å². The number of likely N-dealkylation sites (N-methyl/N-ethyl adjacent to an activating group) is 1. The number of rotatable bonds is 7. The monoisotopic (exact) mass is 286 g/mol. The molecule has 1 saturated carbocycles. The van der Waals surface area contributed by atoms with E-state index in [1.54, 1.807) is 4.90 Å². The Morgan fingerprint density at radius 2 is 1.95 bits per heavy atom. The first kappa shape index (κ1) is 17.2. The molecular formula is C15H30N2O3. The van der Waals surface area contributed by atoms with Crippen molar-refractivity contribution >= 4 is 6.09 Å². The van der Waals surface area contributed by atoms with E-state index in [4.69, 9.17) is 9.47 Å². The molecule has 0 radical (unpaired) electrons. The number of carbonyl (C=O) groups is 1. The Bertz CT molecular complexity index is 296. The molecule has 0 spiro atoms. The van der Waals surface area contributed by atoms with Crippen LogP contribution in [0.25, 0.3) is 0 Å². The zero-order chi connectivity index (χ0) is 15.2. The van der Waals surface area contributed by atoms with Crippen molar-refractivity contribution < 1.29 is 14.3 Å². The van der Waals surface area contributed by atoms with E-state index in [2.05, 4.69) is 5.32 Å². The van der Waals surface area contributed by atoms with Gasteiger partial charge in [-0.05, 0) is 47.5 Å². The quantitative estimate of drug-likeness (QED) is 0.781. The van der Waals surface area contributed by atoms with Gasteiger partial charge in [-0.25, -0.2) is 4.79 Å². The van der Waals surface area contributed by atoms with Gasteiger partial charge in [0.15, 0.2) is 0 Å². The molecule has 1 amide bonds. The first-order chi connectivity index (χ1) is 9.35. The summed E-state index contributed by atoms with van der Waals surface area (Å²) in [5, 5.41) is 3.46. The average Bonchev–Trinajstić information content (AvgIpc) is 2.28. The Hall–Kier alpha value is -0.810. The van der Waals surface area contributed by atoms with Crippen LogP contribution in [0.3, 0.4) is 0 Å². The van der Waals surface area contributed by atoms with Crippen molar-refractivity contribution in [2.75, 3.05) is 26.2 Å². The molecule has 0 atom stereocenters. The molecule has 0 aliphatic heterocycles. The van der Waals surface area contributed by atoms with Gasteiger partial charge in [-0.1, -0.05) is 0 Å². The van der Waals surface area contributed by atoms with Crippen molar-refractivity contribution in [1.29, 1.82) is 0 Å². The second kappa shape index (κ2) is 7.84. The van der Waals surface area contributed by atoms with Crippen molar-refractivity contribution in [3.63, 3.8) is 0 Å². The lowest BCUT2D eigenvalue weighted by Gasteiger charge is -2.36. The molecule has 20 heavy (non-hydrogen) atoms. The molecule has 118 valence electrons. The largest absolute Gasteiger partial charge is 0.444 e. The Kier molecular flexibility index (Phi) is 6.76. The maximum atomic E-state index is 11.9. The van der Waals surface area contributed by atoms with Gasteiger partial charge in [0.05, 0.1) is 6.10 Å². The molecule has 1 rings (SSSR count). The molecule has 0 saturated heterocycles. The van der Waals surface area contributed by atoms with Crippen molar-refractivity contribution in [2.45, 2.75) is 65.2 Å². The molecule has 0 aromatic heterocycles. The van der Waals surface area contributed by atoms with Gasteiger partial charge in [-0.3, -0.25) is 0 Å². The fourth-order valence-electron chi connectivity index (χ4n) is 2.21. The van der Waals surface area contributed by atoms with Gasteiger partial charge in [0, 0.05) is 32.3 Å². The van der Waals surface area contributed by atoms with E-state index in [0.717, 1.165) is 26.0 Å². The van der Waals surface area contributed by atoms with Gasteiger partial charge in [0.25, 0.3) is 0 Å². The van der Waals surface area contributed by atoms with Crippen LogP contribution in [-0.4, -0.2) is 55.0 Å². The van der Waals surface area contributed by atoms with Gasteiger partial charge >= 0.3 is 6.09 Å². The van der Waals surface area contributed by atoms with E-state index >= 15 is 0 Å². The number of hydrogen-bond acceptors (Lipinski definition) is 4. The van der Waals surface area contributed by atoms with E-state index < -0.39 is 5.60 Å². The zero-order valence-electron chi connectivity index (χ0n) is 13.6. The lowest BCUT2D eigenvalue weighted by atomic mass is 9.89. The van der Waals surface area contributed by atoms with Crippen molar-refractivity contribution in [1.82, 2.24) is 10.2 Å². The maximum Gasteiger partial charge on any atom is 0.410 e. The van der Waals surface area contributed by atoms with Crippen molar-refractivity contribution in [3.05, 3.63) is 0 Å².